The van der Waals surface area contributed by atoms with Gasteiger partial charge < -0.3 is 20.4 Å². The van der Waals surface area contributed by atoms with Crippen LogP contribution in [0.4, 0.5) is 23.0 Å². The predicted molar refractivity (Wildman–Crippen MR) is 93.1 cm³/mol. The van der Waals surface area contributed by atoms with E-state index in [1.165, 1.54) is 5.69 Å². The highest BCUT2D eigenvalue weighted by atomic mass is 15.1. The van der Waals surface area contributed by atoms with Crippen LogP contribution in [0, 0.1) is 0 Å². The smallest absolute Gasteiger partial charge is 0.135 e. The van der Waals surface area contributed by atoms with E-state index in [4.69, 9.17) is 0 Å². The van der Waals surface area contributed by atoms with Crippen LogP contribution in [-0.2, 0) is 0 Å². The van der Waals surface area contributed by atoms with Crippen LogP contribution in [0.15, 0.2) is 36.7 Å². The lowest BCUT2D eigenvalue weighted by atomic mass is 10.2. The maximum absolute atomic E-state index is 4.25. The molecule has 6 nitrogen and oxygen atoms in total. The largest absolute Gasteiger partial charge is 0.378 e. The van der Waals surface area contributed by atoms with Crippen molar-refractivity contribution in [1.82, 2.24) is 14.9 Å². The van der Waals surface area contributed by atoms with E-state index >= 15 is 0 Å². The Labute approximate surface area is 132 Å². The Morgan fingerprint density at radius 2 is 1.64 bits per heavy atom. The standard InChI is InChI=1S/C16H24N6/c1-21(2)10-9-17-15-11-16(19-12-18-15)20-13-5-7-14(8-6-13)22(3)4/h5-8,11-12H,9-10H2,1-4H3,(H2,17,18,19,20). The predicted octanol–water partition coefficient (Wildman–Crippen LogP) is 2.26. The monoisotopic (exact) mass is 300 g/mol. The van der Waals surface area contributed by atoms with Gasteiger partial charge >= 0.3 is 0 Å². The van der Waals surface area contributed by atoms with Gasteiger partial charge in [0.15, 0.2) is 0 Å². The first kappa shape index (κ1) is 16.0. The Morgan fingerprint density at radius 1 is 0.955 bits per heavy atom. The summed E-state index contributed by atoms with van der Waals surface area (Å²) in [5.74, 6) is 1.60. The lowest BCUT2D eigenvalue weighted by Gasteiger charge is -2.14. The number of benzene rings is 1. The first-order valence-corrected chi connectivity index (χ1v) is 7.29. The van der Waals surface area contributed by atoms with Crippen molar-refractivity contribution in [2.75, 3.05) is 56.8 Å². The molecule has 0 saturated carbocycles. The molecule has 0 amide bonds. The Hall–Kier alpha value is -2.34. The summed E-state index contributed by atoms with van der Waals surface area (Å²) < 4.78 is 0. The molecule has 2 aromatic rings. The number of nitrogens with zero attached hydrogens (tertiary/aromatic N) is 4. The molecule has 0 radical (unpaired) electrons. The molecule has 0 aliphatic carbocycles. The molecule has 0 atom stereocenters. The second-order valence-corrected chi connectivity index (χ2v) is 5.58. The summed E-state index contributed by atoms with van der Waals surface area (Å²) in [5.41, 5.74) is 2.17. The molecular weight excluding hydrogens is 276 g/mol. The number of nitrogens with one attached hydrogen (secondary N) is 2. The van der Waals surface area contributed by atoms with Gasteiger partial charge in [-0.1, -0.05) is 0 Å². The summed E-state index contributed by atoms with van der Waals surface area (Å²) in [4.78, 5) is 12.7. The van der Waals surface area contributed by atoms with Gasteiger partial charge in [-0.25, -0.2) is 9.97 Å². The third-order valence-electron chi connectivity index (χ3n) is 3.19. The number of likely N-dealkylation sites (N-methyl/N-ethyl adjacent to an activating group) is 1. The van der Waals surface area contributed by atoms with Crippen LogP contribution in [0.3, 0.4) is 0 Å². The maximum Gasteiger partial charge on any atom is 0.135 e. The fourth-order valence-corrected chi connectivity index (χ4v) is 1.92. The SMILES string of the molecule is CN(C)CCNc1cc(Nc2ccc(N(C)C)cc2)ncn1. The van der Waals surface area contributed by atoms with Crippen molar-refractivity contribution >= 4 is 23.0 Å². The molecule has 2 rings (SSSR count). The van der Waals surface area contributed by atoms with Crippen molar-refractivity contribution < 1.29 is 0 Å². The Kier molecular flexibility index (Phi) is 5.55. The molecule has 0 fully saturated rings. The minimum Gasteiger partial charge on any atom is -0.378 e. The highest BCUT2D eigenvalue weighted by molar-refractivity contribution is 5.62. The topological polar surface area (TPSA) is 56.3 Å². The summed E-state index contributed by atoms with van der Waals surface area (Å²) in [6.07, 6.45) is 1.56. The average Bonchev–Trinajstić information content (AvgIpc) is 2.48. The van der Waals surface area contributed by atoms with E-state index in [0.29, 0.717) is 0 Å². The van der Waals surface area contributed by atoms with Gasteiger partial charge in [-0.15, -0.1) is 0 Å². The second-order valence-electron chi connectivity index (χ2n) is 5.58. The van der Waals surface area contributed by atoms with Crippen molar-refractivity contribution in [3.8, 4) is 0 Å². The third kappa shape index (κ3) is 4.89. The van der Waals surface area contributed by atoms with Crippen LogP contribution < -0.4 is 15.5 Å². The minimum absolute atomic E-state index is 0.778. The molecule has 2 N–H and O–H groups in total. The van der Waals surface area contributed by atoms with Gasteiger partial charge in [0.05, 0.1) is 0 Å². The van der Waals surface area contributed by atoms with Gasteiger partial charge in [0.2, 0.25) is 0 Å². The van der Waals surface area contributed by atoms with Crippen molar-refractivity contribution in [1.29, 1.82) is 0 Å². The number of rotatable bonds is 7. The highest BCUT2D eigenvalue weighted by Gasteiger charge is 2.01. The maximum atomic E-state index is 4.25. The van der Waals surface area contributed by atoms with Crippen molar-refractivity contribution in [2.24, 2.45) is 0 Å². The molecule has 1 heterocycles. The summed E-state index contributed by atoms with van der Waals surface area (Å²) in [5, 5.41) is 6.58. The molecule has 0 spiro atoms. The fraction of sp³-hybridized carbons (Fsp3) is 0.375. The second kappa shape index (κ2) is 7.61. The Balaban J connectivity index is 1.97. The highest BCUT2D eigenvalue weighted by Crippen LogP contribution is 2.19. The summed E-state index contributed by atoms with van der Waals surface area (Å²) in [7, 11) is 8.15. The van der Waals surface area contributed by atoms with Gasteiger partial charge in [0.1, 0.15) is 18.0 Å². The lowest BCUT2D eigenvalue weighted by molar-refractivity contribution is 0.425. The zero-order chi connectivity index (χ0) is 15.9. The Morgan fingerprint density at radius 3 is 2.27 bits per heavy atom. The van der Waals surface area contributed by atoms with E-state index in [1.807, 2.05) is 46.4 Å². The first-order chi connectivity index (χ1) is 10.5. The first-order valence-electron chi connectivity index (χ1n) is 7.29. The summed E-state index contributed by atoms with van der Waals surface area (Å²) in [6.45, 7) is 1.81. The van der Waals surface area contributed by atoms with Crippen LogP contribution in [0.2, 0.25) is 0 Å². The summed E-state index contributed by atoms with van der Waals surface area (Å²) >= 11 is 0. The van der Waals surface area contributed by atoms with E-state index in [2.05, 4.69) is 42.5 Å². The number of hydrogen-bond acceptors (Lipinski definition) is 6. The number of hydrogen-bond donors (Lipinski definition) is 2. The van der Waals surface area contributed by atoms with Gasteiger partial charge in [-0.3, -0.25) is 0 Å². The molecule has 0 unspecified atom stereocenters. The van der Waals surface area contributed by atoms with Crippen molar-refractivity contribution in [3.63, 3.8) is 0 Å². The number of aromatic nitrogens is 2. The van der Waals surface area contributed by atoms with Gasteiger partial charge in [0, 0.05) is 44.6 Å². The van der Waals surface area contributed by atoms with E-state index in [1.54, 1.807) is 6.33 Å². The van der Waals surface area contributed by atoms with Gasteiger partial charge in [-0.2, -0.15) is 0 Å². The van der Waals surface area contributed by atoms with Crippen molar-refractivity contribution in [2.45, 2.75) is 0 Å². The van der Waals surface area contributed by atoms with Gasteiger partial charge in [0.25, 0.3) is 0 Å². The molecule has 6 heteroatoms. The number of anilines is 4. The zero-order valence-electron chi connectivity index (χ0n) is 13.7. The zero-order valence-corrected chi connectivity index (χ0v) is 13.7. The van der Waals surface area contributed by atoms with Crippen LogP contribution in [0.25, 0.3) is 0 Å². The third-order valence-corrected chi connectivity index (χ3v) is 3.19. The van der Waals surface area contributed by atoms with Crippen LogP contribution >= 0.6 is 0 Å². The van der Waals surface area contributed by atoms with Crippen molar-refractivity contribution in [3.05, 3.63) is 36.7 Å². The fourth-order valence-electron chi connectivity index (χ4n) is 1.92. The Bertz CT molecular complexity index is 579. The van der Waals surface area contributed by atoms with Gasteiger partial charge in [-0.05, 0) is 38.4 Å². The van der Waals surface area contributed by atoms with E-state index in [-0.39, 0.29) is 0 Å². The van der Waals surface area contributed by atoms with Crippen LogP contribution in [-0.4, -0.2) is 56.1 Å². The summed E-state index contributed by atoms with van der Waals surface area (Å²) in [6, 6.07) is 10.1. The molecule has 118 valence electrons. The molecular formula is C16H24N6. The van der Waals surface area contributed by atoms with E-state index in [0.717, 1.165) is 30.4 Å². The van der Waals surface area contributed by atoms with Crippen LogP contribution in [0.1, 0.15) is 0 Å². The average molecular weight is 300 g/mol. The van der Waals surface area contributed by atoms with E-state index < -0.39 is 0 Å². The molecule has 0 bridgehead atoms. The molecule has 0 saturated heterocycles. The van der Waals surface area contributed by atoms with E-state index in [9.17, 15) is 0 Å². The molecule has 22 heavy (non-hydrogen) atoms. The molecule has 1 aromatic carbocycles. The molecule has 0 aliphatic heterocycles. The minimum atomic E-state index is 0.778. The van der Waals surface area contributed by atoms with Crippen LogP contribution in [0.5, 0.6) is 0 Å². The normalized spacial score (nSPS) is 10.6. The lowest BCUT2D eigenvalue weighted by Crippen LogP contribution is -2.21. The quantitative estimate of drug-likeness (QED) is 0.818. The molecule has 1 aromatic heterocycles. The molecule has 0 aliphatic rings.